The van der Waals surface area contributed by atoms with E-state index in [-0.39, 0.29) is 5.92 Å². The molecule has 1 unspecified atom stereocenters. The fraction of sp³-hybridized carbons (Fsp3) is 0.500. The molecule has 1 atom stereocenters. The van der Waals surface area contributed by atoms with E-state index in [1.165, 1.54) is 0 Å². The molecule has 0 radical (unpaired) electrons. The second kappa shape index (κ2) is 7.59. The van der Waals surface area contributed by atoms with Crippen molar-refractivity contribution in [3.8, 4) is 0 Å². The highest BCUT2D eigenvalue weighted by Crippen LogP contribution is 2.56. The largest absolute Gasteiger partial charge is 0.741 e. The lowest BCUT2D eigenvalue weighted by molar-refractivity contribution is -0.0868. The number of aryl methyl sites for hydroxylation is 1. The number of thiophene rings is 1. The maximum atomic E-state index is 13.4. The van der Waals surface area contributed by atoms with Crippen molar-refractivity contribution in [1.29, 1.82) is 0 Å². The molecular formula is C16H16F6O3S2. The lowest BCUT2D eigenvalue weighted by atomic mass is 9.84. The Balaban J connectivity index is 0.000000279. The van der Waals surface area contributed by atoms with Gasteiger partial charge >= 0.3 is 11.0 Å². The number of alkyl halides is 6. The molecule has 1 heterocycles. The first kappa shape index (κ1) is 22.0. The van der Waals surface area contributed by atoms with Crippen LogP contribution in [-0.4, -0.2) is 18.5 Å². The Morgan fingerprint density at radius 2 is 1.70 bits per heavy atom. The Morgan fingerprint density at radius 3 is 2.07 bits per heavy atom. The van der Waals surface area contributed by atoms with Crippen LogP contribution in [0.4, 0.5) is 26.3 Å². The Hall–Kier alpha value is -1.33. The van der Waals surface area contributed by atoms with Crippen LogP contribution in [0.5, 0.6) is 0 Å². The van der Waals surface area contributed by atoms with E-state index < -0.39 is 31.6 Å². The molecule has 1 aliphatic carbocycles. The highest BCUT2D eigenvalue weighted by molar-refractivity contribution is 7.86. The van der Waals surface area contributed by atoms with Crippen LogP contribution in [0, 0.1) is 0 Å². The molecule has 152 valence electrons. The second-order valence-electron chi connectivity index (χ2n) is 6.01. The van der Waals surface area contributed by atoms with Crippen molar-refractivity contribution in [2.75, 3.05) is 0 Å². The van der Waals surface area contributed by atoms with Crippen LogP contribution in [0.25, 0.3) is 10.1 Å². The standard InChI is InChI=1S/C15H16F3S.CHF3O3S/c1-2-10-5-4-8-13-12(10)9-14(11-6-3-7-11)19(13)15(16,17)18;2-1(3,4)8(5,6)7/h4-5,8-9,11H,2-3,6-7H2,1H3;(H,5,6,7)/q+1;/p-1. The molecule has 1 aromatic heterocycles. The molecule has 0 saturated heterocycles. The molecule has 0 amide bonds. The quantitative estimate of drug-likeness (QED) is 0.254. The summed E-state index contributed by atoms with van der Waals surface area (Å²) in [6.07, 6.45) is 3.68. The predicted octanol–water partition coefficient (Wildman–Crippen LogP) is 5.95. The van der Waals surface area contributed by atoms with Gasteiger partial charge in [0.2, 0.25) is 0 Å². The van der Waals surface area contributed by atoms with Gasteiger partial charge in [0, 0.05) is 17.4 Å². The summed E-state index contributed by atoms with van der Waals surface area (Å²) in [4.78, 5) is 0.634. The Kier molecular flexibility index (Phi) is 6.18. The Bertz CT molecular complexity index is 909. The van der Waals surface area contributed by atoms with Crippen LogP contribution in [0.15, 0.2) is 24.3 Å². The fourth-order valence-electron chi connectivity index (χ4n) is 2.80. The summed E-state index contributed by atoms with van der Waals surface area (Å²) in [7, 11) is -7.78. The lowest BCUT2D eigenvalue weighted by Gasteiger charge is -2.21. The molecule has 27 heavy (non-hydrogen) atoms. The van der Waals surface area contributed by atoms with E-state index >= 15 is 0 Å². The van der Waals surface area contributed by atoms with E-state index in [2.05, 4.69) is 0 Å². The molecule has 0 spiro atoms. The maximum absolute atomic E-state index is 13.4. The van der Waals surface area contributed by atoms with Gasteiger partial charge in [-0.05, 0) is 30.9 Å². The van der Waals surface area contributed by atoms with E-state index in [0.717, 1.165) is 36.6 Å². The molecule has 0 bridgehead atoms. The normalized spacial score (nSPS) is 16.7. The smallest absolute Gasteiger partial charge is 0.600 e. The topological polar surface area (TPSA) is 57.2 Å². The van der Waals surface area contributed by atoms with Gasteiger partial charge in [0.1, 0.15) is 0 Å². The first-order valence-electron chi connectivity index (χ1n) is 7.94. The van der Waals surface area contributed by atoms with E-state index in [9.17, 15) is 26.3 Å². The number of benzene rings is 1. The van der Waals surface area contributed by atoms with E-state index in [1.54, 1.807) is 12.1 Å². The summed E-state index contributed by atoms with van der Waals surface area (Å²) in [5, 5.41) is 0.840. The third-order valence-corrected chi connectivity index (χ3v) is 7.05. The zero-order valence-corrected chi connectivity index (χ0v) is 15.7. The number of rotatable bonds is 2. The maximum Gasteiger partial charge on any atom is 0.600 e. The van der Waals surface area contributed by atoms with Crippen molar-refractivity contribution >= 4 is 30.7 Å². The second-order valence-corrected chi connectivity index (χ2v) is 9.37. The highest BCUT2D eigenvalue weighted by atomic mass is 32.2. The molecule has 1 saturated carbocycles. The zero-order chi connectivity index (χ0) is 20.6. The number of hydrogen-bond acceptors (Lipinski definition) is 3. The summed E-state index contributed by atoms with van der Waals surface area (Å²) in [5.74, 6) is 0.155. The first-order chi connectivity index (χ1) is 12.3. The van der Waals surface area contributed by atoms with Crippen LogP contribution in [0.3, 0.4) is 0 Å². The van der Waals surface area contributed by atoms with Gasteiger partial charge in [-0.1, -0.05) is 25.5 Å². The van der Waals surface area contributed by atoms with Crippen molar-refractivity contribution in [3.63, 3.8) is 0 Å². The number of halogens is 6. The van der Waals surface area contributed by atoms with Crippen LogP contribution in [0.1, 0.15) is 42.5 Å². The summed E-state index contributed by atoms with van der Waals surface area (Å²) in [6, 6.07) is 7.21. The van der Waals surface area contributed by atoms with Crippen LogP contribution in [0.2, 0.25) is 0 Å². The molecule has 3 nitrogen and oxygen atoms in total. The minimum atomic E-state index is -6.09. The van der Waals surface area contributed by atoms with Gasteiger partial charge in [-0.25, -0.2) is 8.42 Å². The van der Waals surface area contributed by atoms with Crippen molar-refractivity contribution in [2.45, 2.75) is 49.5 Å². The van der Waals surface area contributed by atoms with Crippen LogP contribution < -0.4 is 0 Å². The zero-order valence-electron chi connectivity index (χ0n) is 14.0. The third-order valence-electron chi connectivity index (χ3n) is 4.30. The Labute approximate surface area is 154 Å². The van der Waals surface area contributed by atoms with E-state index in [4.69, 9.17) is 13.0 Å². The molecule has 1 aliphatic rings. The van der Waals surface area contributed by atoms with Crippen LogP contribution in [-0.2, 0) is 22.0 Å². The van der Waals surface area contributed by atoms with Gasteiger partial charge in [0.05, 0.1) is 10.5 Å². The minimum Gasteiger partial charge on any atom is -0.741 e. The van der Waals surface area contributed by atoms with Crippen molar-refractivity contribution < 1.29 is 39.3 Å². The van der Waals surface area contributed by atoms with Crippen molar-refractivity contribution in [1.82, 2.24) is 0 Å². The SMILES string of the molecule is CCc1cccc2c1cc(C1CCC1)[s+]2C(F)(F)F.O=S(=O)([O-])C(F)(F)F. The first-order valence-corrected chi connectivity index (χ1v) is 10.6. The molecule has 3 rings (SSSR count). The Morgan fingerprint density at radius 1 is 1.15 bits per heavy atom. The van der Waals surface area contributed by atoms with Gasteiger partial charge < -0.3 is 4.55 Å². The van der Waals surface area contributed by atoms with E-state index in [1.807, 2.05) is 19.1 Å². The van der Waals surface area contributed by atoms with Gasteiger partial charge in [0.15, 0.2) is 19.7 Å². The van der Waals surface area contributed by atoms with Gasteiger partial charge in [-0.3, -0.25) is 0 Å². The predicted molar refractivity (Wildman–Crippen MR) is 89.4 cm³/mol. The number of fused-ring (bicyclic) bond motifs is 1. The molecule has 0 N–H and O–H groups in total. The summed E-state index contributed by atoms with van der Waals surface area (Å²) < 4.78 is 99.6. The fourth-order valence-corrected chi connectivity index (χ4v) is 5.00. The molecule has 1 aromatic carbocycles. The van der Waals surface area contributed by atoms with E-state index in [0.29, 0.717) is 9.58 Å². The number of hydrogen-bond donors (Lipinski definition) is 0. The molecule has 0 aliphatic heterocycles. The molecule has 1 fully saturated rings. The average Bonchev–Trinajstić information content (AvgIpc) is 2.82. The highest BCUT2D eigenvalue weighted by Gasteiger charge is 2.50. The van der Waals surface area contributed by atoms with Crippen LogP contribution >= 0.6 is 10.5 Å². The molecule has 2 aromatic rings. The monoisotopic (exact) mass is 434 g/mol. The summed E-state index contributed by atoms with van der Waals surface area (Å²) in [6.45, 7) is 2.00. The van der Waals surface area contributed by atoms with Crippen molar-refractivity contribution in [3.05, 3.63) is 34.7 Å². The third kappa shape index (κ3) is 4.75. The van der Waals surface area contributed by atoms with Gasteiger partial charge in [-0.2, -0.15) is 13.2 Å². The summed E-state index contributed by atoms with van der Waals surface area (Å²) >= 11 is 0. The minimum absolute atomic E-state index is 0.155. The van der Waals surface area contributed by atoms with Gasteiger partial charge in [-0.15, -0.1) is 13.2 Å². The average molecular weight is 434 g/mol. The molecule has 11 heteroatoms. The van der Waals surface area contributed by atoms with Gasteiger partial charge in [0.25, 0.3) is 0 Å². The van der Waals surface area contributed by atoms with Crippen molar-refractivity contribution in [2.24, 2.45) is 0 Å². The lowest BCUT2D eigenvalue weighted by Crippen LogP contribution is -2.21. The summed E-state index contributed by atoms with van der Waals surface area (Å²) in [5.41, 5.74) is -8.75. The molecular weight excluding hydrogens is 418 g/mol.